The van der Waals surface area contributed by atoms with E-state index in [0.29, 0.717) is 0 Å². The Balaban J connectivity index is 3.25. The van der Waals surface area contributed by atoms with Crippen LogP contribution in [0.15, 0.2) is 0 Å². The van der Waals surface area contributed by atoms with Gasteiger partial charge in [0.25, 0.3) is 0 Å². The van der Waals surface area contributed by atoms with Crippen molar-refractivity contribution in [3.8, 4) is 0 Å². The first kappa shape index (κ1) is 7.88. The summed E-state index contributed by atoms with van der Waals surface area (Å²) in [5.74, 6) is -0.839. The van der Waals surface area contributed by atoms with E-state index in [1.54, 1.807) is 6.92 Å². The first-order valence-corrected chi connectivity index (χ1v) is 2.98. The van der Waals surface area contributed by atoms with Crippen molar-refractivity contribution in [2.75, 3.05) is 6.67 Å². The predicted octanol–water partition coefficient (Wildman–Crippen LogP) is 1.24. The molecule has 1 atom stereocenters. The van der Waals surface area contributed by atoms with Gasteiger partial charge in [0.15, 0.2) is 11.7 Å². The summed E-state index contributed by atoms with van der Waals surface area (Å²) >= 11 is 2.91. The molecule has 4 heteroatoms. The zero-order chi connectivity index (χ0) is 6.57. The molecule has 2 nitrogen and oxygen atoms in total. The number of halogens is 2. The Morgan fingerprint density at radius 1 is 2.00 bits per heavy atom. The molecule has 0 fully saturated rings. The lowest BCUT2D eigenvalue weighted by Gasteiger charge is -2.01. The third-order valence-electron chi connectivity index (χ3n) is 0.403. The maximum Gasteiger partial charge on any atom is 0.338 e. The highest BCUT2D eigenvalue weighted by Crippen LogP contribution is 1.98. The van der Waals surface area contributed by atoms with E-state index in [2.05, 4.69) is 20.7 Å². The number of carbonyl (C=O) groups is 1. The van der Waals surface area contributed by atoms with Crippen molar-refractivity contribution in [2.24, 2.45) is 0 Å². The molecule has 0 spiro atoms. The van der Waals surface area contributed by atoms with Gasteiger partial charge in [0.2, 0.25) is 0 Å². The summed E-state index contributed by atoms with van der Waals surface area (Å²) in [5.41, 5.74) is 0. The molecule has 0 aliphatic carbocycles. The van der Waals surface area contributed by atoms with E-state index in [-0.39, 0.29) is 0 Å². The molecule has 0 aliphatic rings. The maximum absolute atomic E-state index is 11.3. The van der Waals surface area contributed by atoms with Crippen molar-refractivity contribution >= 4 is 21.9 Å². The molecule has 0 saturated carbocycles. The van der Waals surface area contributed by atoms with Crippen molar-refractivity contribution in [1.29, 1.82) is 0 Å². The van der Waals surface area contributed by atoms with E-state index in [9.17, 15) is 9.18 Å². The van der Waals surface area contributed by atoms with Crippen molar-refractivity contribution < 1.29 is 13.9 Å². The molecule has 0 rings (SSSR count). The van der Waals surface area contributed by atoms with Gasteiger partial charge in [-0.1, -0.05) is 0 Å². The van der Waals surface area contributed by atoms with Gasteiger partial charge in [-0.3, -0.25) is 0 Å². The van der Waals surface area contributed by atoms with E-state index < -0.39 is 17.7 Å². The highest BCUT2D eigenvalue weighted by atomic mass is 79.9. The smallest absolute Gasteiger partial charge is 0.338 e. The number of rotatable bonds is 2. The van der Waals surface area contributed by atoms with Gasteiger partial charge >= 0.3 is 5.97 Å². The monoisotopic (exact) mass is 184 g/mol. The minimum Gasteiger partial charge on any atom is -0.449 e. The van der Waals surface area contributed by atoms with Crippen molar-refractivity contribution in [3.05, 3.63) is 0 Å². The van der Waals surface area contributed by atoms with Crippen molar-refractivity contribution in [1.82, 2.24) is 0 Å². The van der Waals surface area contributed by atoms with Crippen LogP contribution in [0.5, 0.6) is 0 Å². The highest BCUT2D eigenvalue weighted by Gasteiger charge is 2.02. The molecule has 0 heterocycles. The normalized spacial score (nSPS) is 12.9. The van der Waals surface area contributed by atoms with Crippen LogP contribution in [-0.2, 0) is 9.53 Å². The molecule has 0 aromatic carbocycles. The molecular weight excluding hydrogens is 179 g/mol. The van der Waals surface area contributed by atoms with Gasteiger partial charge in [-0.25, -0.2) is 9.18 Å². The summed E-state index contributed by atoms with van der Waals surface area (Å²) in [4.78, 5) is 10.00. The Kier molecular flexibility index (Phi) is 3.77. The lowest BCUT2D eigenvalue weighted by atomic mass is 10.7. The number of ether oxygens (including phenoxy) is 1. The number of carbonyl (C=O) groups excluding carboxylic acids is 1. The molecule has 1 unspecified atom stereocenters. The second-order valence-electron chi connectivity index (χ2n) is 1.17. The van der Waals surface area contributed by atoms with Crippen LogP contribution in [0.3, 0.4) is 0 Å². The first-order chi connectivity index (χ1) is 3.66. The average Bonchev–Trinajstić information content (AvgIpc) is 1.65. The number of alkyl halides is 2. The van der Waals surface area contributed by atoms with Crippen LogP contribution < -0.4 is 0 Å². The molecule has 0 N–H and O–H groups in total. The van der Waals surface area contributed by atoms with Gasteiger partial charge in [0.05, 0.1) is 0 Å². The lowest BCUT2D eigenvalue weighted by Crippen LogP contribution is -2.09. The largest absolute Gasteiger partial charge is 0.449 e. The zero-order valence-electron chi connectivity index (χ0n) is 4.36. The van der Waals surface area contributed by atoms with Crippen LogP contribution >= 0.6 is 15.9 Å². The summed E-state index contributed by atoms with van der Waals surface area (Å²) in [6.07, 6.45) is 0. The van der Waals surface area contributed by atoms with E-state index in [1.165, 1.54) is 0 Å². The van der Waals surface area contributed by atoms with Crippen LogP contribution in [0, 0.1) is 0 Å². The van der Waals surface area contributed by atoms with Gasteiger partial charge in [0.1, 0.15) is 0 Å². The first-order valence-electron chi connectivity index (χ1n) is 2.06. The molecule has 0 aromatic rings. The van der Waals surface area contributed by atoms with Gasteiger partial charge in [-0.05, 0) is 22.9 Å². The molecule has 0 bridgehead atoms. The topological polar surface area (TPSA) is 26.3 Å². The van der Waals surface area contributed by atoms with Gasteiger partial charge in [-0.15, -0.1) is 0 Å². The molecule has 0 radical (unpaired) electrons. The summed E-state index contributed by atoms with van der Waals surface area (Å²) in [7, 11) is 0. The zero-order valence-corrected chi connectivity index (χ0v) is 5.94. The maximum atomic E-state index is 11.3. The molecule has 0 aliphatic heterocycles. The van der Waals surface area contributed by atoms with Crippen LogP contribution in [0.25, 0.3) is 0 Å². The Morgan fingerprint density at radius 3 is 2.62 bits per heavy atom. The second-order valence-corrected chi connectivity index (χ2v) is 2.46. The number of hydrogen-bond donors (Lipinski definition) is 0. The van der Waals surface area contributed by atoms with E-state index >= 15 is 0 Å². The fraction of sp³-hybridized carbons (Fsp3) is 0.750. The molecule has 8 heavy (non-hydrogen) atoms. The Bertz CT molecular complexity index is 84.1. The summed E-state index contributed by atoms with van der Waals surface area (Å²) < 4.78 is 15.6. The van der Waals surface area contributed by atoms with Gasteiger partial charge < -0.3 is 4.74 Å². The van der Waals surface area contributed by atoms with Crippen LogP contribution in [0.2, 0.25) is 0 Å². The third kappa shape index (κ3) is 4.05. The van der Waals surface area contributed by atoms with E-state index in [1.807, 2.05) is 0 Å². The van der Waals surface area contributed by atoms with Gasteiger partial charge in [-0.2, -0.15) is 0 Å². The fourth-order valence-electron chi connectivity index (χ4n) is 0.213. The van der Waals surface area contributed by atoms with Crippen LogP contribution in [0.1, 0.15) is 6.92 Å². The molecule has 48 valence electrons. The van der Waals surface area contributed by atoms with E-state index in [0.717, 1.165) is 0 Å². The molecular formula is C4H6BrFO2. The fourth-order valence-corrected chi connectivity index (χ4v) is 0.421. The molecule has 0 aromatic heterocycles. The Hall–Kier alpha value is -0.120. The molecule has 0 saturated heterocycles. The van der Waals surface area contributed by atoms with E-state index in [4.69, 9.17) is 0 Å². The molecule has 0 amide bonds. The number of hydrogen-bond acceptors (Lipinski definition) is 2. The number of esters is 1. The Labute approximate surface area is 55.1 Å². The summed E-state index contributed by atoms with van der Waals surface area (Å²) in [5, 5.41) is -0.397. The van der Waals surface area contributed by atoms with Crippen molar-refractivity contribution in [3.63, 3.8) is 0 Å². The van der Waals surface area contributed by atoms with Gasteiger partial charge in [0, 0.05) is 0 Å². The minimum atomic E-state index is -1.06. The summed E-state index contributed by atoms with van der Waals surface area (Å²) in [6, 6.07) is 0. The Morgan fingerprint density at radius 2 is 2.50 bits per heavy atom. The SMILES string of the molecule is CC(Br)OC(=O)CF. The highest BCUT2D eigenvalue weighted by molar-refractivity contribution is 9.09. The third-order valence-corrected chi connectivity index (χ3v) is 0.590. The van der Waals surface area contributed by atoms with Crippen LogP contribution in [0.4, 0.5) is 4.39 Å². The standard InChI is InChI=1S/C4H6BrFO2/c1-3(5)8-4(7)2-6/h3H,2H2,1H3. The van der Waals surface area contributed by atoms with Crippen molar-refractivity contribution in [2.45, 2.75) is 11.9 Å². The minimum absolute atomic E-state index is 0.397. The summed E-state index contributed by atoms with van der Waals surface area (Å²) in [6.45, 7) is 0.531. The second kappa shape index (κ2) is 3.83. The van der Waals surface area contributed by atoms with Crippen LogP contribution in [-0.4, -0.2) is 17.7 Å². The predicted molar refractivity (Wildman–Crippen MR) is 30.5 cm³/mol. The average molecular weight is 185 g/mol. The quantitative estimate of drug-likeness (QED) is 0.477. The lowest BCUT2D eigenvalue weighted by molar-refractivity contribution is -0.145.